The number of carbonyl (C=O) groups is 1. The number of aryl methyl sites for hydroxylation is 1. The lowest BCUT2D eigenvalue weighted by Crippen LogP contribution is -1.95. The minimum absolute atomic E-state index is 0.489. The van der Waals surface area contributed by atoms with Gasteiger partial charge < -0.3 is 4.79 Å². The summed E-state index contributed by atoms with van der Waals surface area (Å²) in [5.74, 6) is -0.818. The van der Waals surface area contributed by atoms with Crippen molar-refractivity contribution in [2.24, 2.45) is 0 Å². The molecule has 0 fully saturated rings. The predicted molar refractivity (Wildman–Crippen MR) is 56.7 cm³/mol. The van der Waals surface area contributed by atoms with Gasteiger partial charge >= 0.3 is 5.69 Å². The molecule has 0 saturated heterocycles. The van der Waals surface area contributed by atoms with Crippen molar-refractivity contribution in [3.05, 3.63) is 39.7 Å². The first-order valence-corrected chi connectivity index (χ1v) is 5.01. The van der Waals surface area contributed by atoms with Crippen molar-refractivity contribution >= 4 is 12.0 Å². The van der Waals surface area contributed by atoms with Gasteiger partial charge in [0.15, 0.2) is 0 Å². The summed E-state index contributed by atoms with van der Waals surface area (Å²) in [5.41, 5.74) is 0.229. The lowest BCUT2D eigenvalue weighted by molar-refractivity contribution is -0.387. The number of halogens is 1. The van der Waals surface area contributed by atoms with E-state index in [1.165, 1.54) is 12.1 Å². The van der Waals surface area contributed by atoms with Crippen LogP contribution in [0.1, 0.15) is 24.8 Å². The van der Waals surface area contributed by atoms with Gasteiger partial charge in [0.25, 0.3) is 0 Å². The van der Waals surface area contributed by atoms with Crippen LogP contribution in [0.2, 0.25) is 0 Å². The molecule has 0 amide bonds. The van der Waals surface area contributed by atoms with Gasteiger partial charge in [-0.1, -0.05) is 6.07 Å². The molecule has 5 heteroatoms. The SMILES string of the molecule is O=CCCCCc1ccc(F)c([N+](=O)[O-])c1. The Morgan fingerprint density at radius 3 is 2.75 bits per heavy atom. The number of benzene rings is 1. The molecule has 0 atom stereocenters. The Bertz CT molecular complexity index is 393. The van der Waals surface area contributed by atoms with Crippen LogP contribution in [-0.2, 0) is 11.2 Å². The second-order valence-corrected chi connectivity index (χ2v) is 3.46. The van der Waals surface area contributed by atoms with E-state index in [0.717, 1.165) is 30.8 Å². The molecular formula is C11H12FNO3. The number of hydrogen-bond acceptors (Lipinski definition) is 3. The summed E-state index contributed by atoms with van der Waals surface area (Å²) in [4.78, 5) is 19.8. The van der Waals surface area contributed by atoms with E-state index in [4.69, 9.17) is 0 Å². The Balaban J connectivity index is 2.64. The molecule has 0 bridgehead atoms. The van der Waals surface area contributed by atoms with Crippen molar-refractivity contribution in [2.45, 2.75) is 25.7 Å². The monoisotopic (exact) mass is 225 g/mol. The highest BCUT2D eigenvalue weighted by Gasteiger charge is 2.13. The molecule has 0 aromatic heterocycles. The molecule has 0 unspecified atom stereocenters. The summed E-state index contributed by atoms with van der Waals surface area (Å²) in [7, 11) is 0. The standard InChI is InChI=1S/C11H12FNO3/c12-10-6-5-9(4-2-1-3-7-14)8-11(10)13(15)16/h5-8H,1-4H2. The Kier molecular flexibility index (Phi) is 4.57. The van der Waals surface area contributed by atoms with Crippen LogP contribution in [0, 0.1) is 15.9 Å². The number of aldehydes is 1. The fraction of sp³-hybridized carbons (Fsp3) is 0.364. The number of unbranched alkanes of at least 4 members (excludes halogenated alkanes) is 2. The number of carbonyl (C=O) groups excluding carboxylic acids is 1. The van der Waals surface area contributed by atoms with Crippen LogP contribution in [-0.4, -0.2) is 11.2 Å². The van der Waals surface area contributed by atoms with Gasteiger partial charge in [-0.3, -0.25) is 10.1 Å². The summed E-state index contributed by atoms with van der Waals surface area (Å²) in [5, 5.41) is 10.5. The molecule has 1 rings (SSSR count). The molecule has 0 aliphatic rings. The zero-order valence-electron chi connectivity index (χ0n) is 8.69. The van der Waals surface area contributed by atoms with Crippen LogP contribution >= 0.6 is 0 Å². The van der Waals surface area contributed by atoms with Gasteiger partial charge in [-0.05, 0) is 30.9 Å². The van der Waals surface area contributed by atoms with E-state index in [1.54, 1.807) is 0 Å². The largest absolute Gasteiger partial charge is 0.305 e. The van der Waals surface area contributed by atoms with E-state index in [9.17, 15) is 19.3 Å². The molecule has 0 spiro atoms. The Morgan fingerprint density at radius 1 is 1.38 bits per heavy atom. The van der Waals surface area contributed by atoms with Gasteiger partial charge in [-0.15, -0.1) is 0 Å². The van der Waals surface area contributed by atoms with Crippen LogP contribution in [0.5, 0.6) is 0 Å². The first-order chi connectivity index (χ1) is 7.65. The first-order valence-electron chi connectivity index (χ1n) is 5.01. The zero-order valence-corrected chi connectivity index (χ0v) is 8.69. The maximum absolute atomic E-state index is 13.0. The molecular weight excluding hydrogens is 213 g/mol. The highest BCUT2D eigenvalue weighted by Crippen LogP contribution is 2.19. The molecule has 0 radical (unpaired) electrons. The van der Waals surface area contributed by atoms with Gasteiger partial charge in [-0.2, -0.15) is 4.39 Å². The Hall–Kier alpha value is -1.78. The minimum Gasteiger partial charge on any atom is -0.303 e. The average molecular weight is 225 g/mol. The molecule has 1 aromatic rings. The summed E-state index contributed by atoms with van der Waals surface area (Å²) in [6.07, 6.45) is 3.46. The lowest BCUT2D eigenvalue weighted by atomic mass is 10.1. The number of rotatable bonds is 6. The first kappa shape index (κ1) is 12.3. The lowest BCUT2D eigenvalue weighted by Gasteiger charge is -2.00. The van der Waals surface area contributed by atoms with E-state index >= 15 is 0 Å². The quantitative estimate of drug-likeness (QED) is 0.323. The molecule has 1 aromatic carbocycles. The summed E-state index contributed by atoms with van der Waals surface area (Å²) in [6.45, 7) is 0. The molecule has 86 valence electrons. The molecule has 16 heavy (non-hydrogen) atoms. The van der Waals surface area contributed by atoms with Crippen molar-refractivity contribution in [3.8, 4) is 0 Å². The third kappa shape index (κ3) is 3.42. The summed E-state index contributed by atoms with van der Waals surface area (Å²) >= 11 is 0. The molecule has 0 saturated carbocycles. The summed E-state index contributed by atoms with van der Waals surface area (Å²) < 4.78 is 13.0. The van der Waals surface area contributed by atoms with Crippen LogP contribution in [0.4, 0.5) is 10.1 Å². The van der Waals surface area contributed by atoms with E-state index in [1.807, 2.05) is 0 Å². The second kappa shape index (κ2) is 5.95. The smallest absolute Gasteiger partial charge is 0.303 e. The van der Waals surface area contributed by atoms with E-state index in [0.29, 0.717) is 12.8 Å². The van der Waals surface area contributed by atoms with Crippen LogP contribution < -0.4 is 0 Å². The molecule has 0 aliphatic carbocycles. The fourth-order valence-electron chi connectivity index (χ4n) is 1.41. The maximum Gasteiger partial charge on any atom is 0.305 e. The van der Waals surface area contributed by atoms with Crippen LogP contribution in [0.25, 0.3) is 0 Å². The zero-order chi connectivity index (χ0) is 12.0. The van der Waals surface area contributed by atoms with Crippen molar-refractivity contribution in [1.82, 2.24) is 0 Å². The molecule has 0 N–H and O–H groups in total. The molecule has 4 nitrogen and oxygen atoms in total. The Labute approximate surface area is 92.2 Å². The van der Waals surface area contributed by atoms with Crippen LogP contribution in [0.3, 0.4) is 0 Å². The minimum atomic E-state index is -0.818. The Morgan fingerprint density at radius 2 is 2.12 bits per heavy atom. The van der Waals surface area contributed by atoms with E-state index in [-0.39, 0.29) is 0 Å². The molecule has 0 heterocycles. The van der Waals surface area contributed by atoms with Crippen molar-refractivity contribution in [1.29, 1.82) is 0 Å². The number of nitro benzene ring substituents is 1. The molecule has 0 aliphatic heterocycles. The third-order valence-corrected chi connectivity index (χ3v) is 2.24. The average Bonchev–Trinajstić information content (AvgIpc) is 2.26. The predicted octanol–water partition coefficient (Wildman–Crippen LogP) is 2.65. The van der Waals surface area contributed by atoms with Gasteiger partial charge in [0.05, 0.1) is 4.92 Å². The summed E-state index contributed by atoms with van der Waals surface area (Å²) in [6, 6.07) is 3.88. The highest BCUT2D eigenvalue weighted by molar-refractivity contribution is 5.49. The normalized spacial score (nSPS) is 10.1. The van der Waals surface area contributed by atoms with Gasteiger partial charge in [-0.25, -0.2) is 0 Å². The fourth-order valence-corrected chi connectivity index (χ4v) is 1.41. The van der Waals surface area contributed by atoms with Crippen molar-refractivity contribution in [3.63, 3.8) is 0 Å². The van der Waals surface area contributed by atoms with E-state index < -0.39 is 16.4 Å². The maximum atomic E-state index is 13.0. The number of hydrogen-bond donors (Lipinski definition) is 0. The van der Waals surface area contributed by atoms with Gasteiger partial charge in [0.2, 0.25) is 5.82 Å². The highest BCUT2D eigenvalue weighted by atomic mass is 19.1. The van der Waals surface area contributed by atoms with E-state index in [2.05, 4.69) is 0 Å². The second-order valence-electron chi connectivity index (χ2n) is 3.46. The number of nitro groups is 1. The van der Waals surface area contributed by atoms with Crippen LogP contribution in [0.15, 0.2) is 18.2 Å². The van der Waals surface area contributed by atoms with Crippen molar-refractivity contribution in [2.75, 3.05) is 0 Å². The number of nitrogens with zero attached hydrogens (tertiary/aromatic N) is 1. The third-order valence-electron chi connectivity index (χ3n) is 2.24. The topological polar surface area (TPSA) is 60.2 Å². The van der Waals surface area contributed by atoms with Gasteiger partial charge in [0, 0.05) is 12.5 Å². The van der Waals surface area contributed by atoms with Crippen molar-refractivity contribution < 1.29 is 14.1 Å². The van der Waals surface area contributed by atoms with Gasteiger partial charge in [0.1, 0.15) is 6.29 Å².